The van der Waals surface area contributed by atoms with Crippen LogP contribution in [0.5, 0.6) is 0 Å². The van der Waals surface area contributed by atoms with Gasteiger partial charge in [0.25, 0.3) is 0 Å². The van der Waals surface area contributed by atoms with E-state index < -0.39 is 0 Å². The summed E-state index contributed by atoms with van der Waals surface area (Å²) in [5.74, 6) is 0. The molecule has 0 aliphatic carbocycles. The summed E-state index contributed by atoms with van der Waals surface area (Å²) in [6.07, 6.45) is 0. The van der Waals surface area contributed by atoms with E-state index in [0.29, 0.717) is 14.5 Å². The Hall–Kier alpha value is -0.791. The van der Waals surface area contributed by atoms with Crippen LogP contribution in [0.1, 0.15) is 10.1 Å². The molecule has 0 fully saturated rings. The maximum absolute atomic E-state index is 5.80. The van der Waals surface area contributed by atoms with Crippen molar-refractivity contribution in [2.45, 2.75) is 13.8 Å². The Morgan fingerprint density at radius 3 is 2.83 bits per heavy atom. The van der Waals surface area contributed by atoms with Crippen molar-refractivity contribution >= 4 is 30.0 Å². The Bertz CT molecular complexity index is 392. The quantitative estimate of drug-likeness (QED) is 0.545. The molecule has 2 N–H and O–H groups in total. The number of benzene rings is 1. The van der Waals surface area contributed by atoms with Gasteiger partial charge in [-0.15, -0.1) is 0 Å². The molecule has 0 bridgehead atoms. The molecule has 2 aromatic rings. The molecule has 0 radical (unpaired) electrons. The number of fused-ring (bicyclic) bond motifs is 1. The number of aromatic nitrogens is 1. The van der Waals surface area contributed by atoms with E-state index >= 15 is 0 Å². The Labute approximate surface area is 77.2 Å². The van der Waals surface area contributed by atoms with Crippen LogP contribution in [-0.4, -0.2) is 19.5 Å². The van der Waals surface area contributed by atoms with Crippen LogP contribution in [0.2, 0.25) is 0 Å². The van der Waals surface area contributed by atoms with Crippen LogP contribution in [0.4, 0.5) is 5.69 Å². The summed E-state index contributed by atoms with van der Waals surface area (Å²) >= 11 is 0.414. The third-order valence-corrected chi connectivity index (χ3v) is 3.84. The molecular formula is C9H10N2Se. The molecular weight excluding hydrogens is 215 g/mol. The van der Waals surface area contributed by atoms with Gasteiger partial charge in [0, 0.05) is 0 Å². The van der Waals surface area contributed by atoms with E-state index in [4.69, 9.17) is 5.73 Å². The molecule has 1 heterocycles. The minimum atomic E-state index is 0.414. The molecule has 0 unspecified atom stereocenters. The average molecular weight is 225 g/mol. The van der Waals surface area contributed by atoms with Crippen molar-refractivity contribution in [1.82, 2.24) is 4.98 Å². The Balaban J connectivity index is 2.83. The van der Waals surface area contributed by atoms with Gasteiger partial charge < -0.3 is 0 Å². The molecule has 1 aromatic carbocycles. The Morgan fingerprint density at radius 1 is 1.33 bits per heavy atom. The third-order valence-electron chi connectivity index (χ3n) is 1.88. The fourth-order valence-corrected chi connectivity index (χ4v) is 3.01. The number of hydrogen-bond donors (Lipinski definition) is 1. The van der Waals surface area contributed by atoms with Crippen LogP contribution >= 0.6 is 0 Å². The van der Waals surface area contributed by atoms with E-state index in [9.17, 15) is 0 Å². The van der Waals surface area contributed by atoms with E-state index in [1.54, 1.807) is 0 Å². The molecule has 0 atom stereocenters. The second-order valence-electron chi connectivity index (χ2n) is 2.91. The molecule has 3 heteroatoms. The summed E-state index contributed by atoms with van der Waals surface area (Å²) in [7, 11) is 0. The first-order valence-corrected chi connectivity index (χ1v) is 5.51. The SMILES string of the molecule is Cc1nc2cc(C)c(N)cc2[se]1. The number of nitrogens with zero attached hydrogens (tertiary/aromatic N) is 1. The summed E-state index contributed by atoms with van der Waals surface area (Å²) in [5.41, 5.74) is 8.94. The van der Waals surface area contributed by atoms with Crippen molar-refractivity contribution in [2.75, 3.05) is 5.73 Å². The Kier molecular flexibility index (Phi) is 1.71. The number of rotatable bonds is 0. The van der Waals surface area contributed by atoms with Gasteiger partial charge in [0.05, 0.1) is 0 Å². The topological polar surface area (TPSA) is 38.9 Å². The zero-order valence-electron chi connectivity index (χ0n) is 7.09. The van der Waals surface area contributed by atoms with E-state index in [2.05, 4.69) is 24.0 Å². The van der Waals surface area contributed by atoms with Gasteiger partial charge in [-0.25, -0.2) is 0 Å². The van der Waals surface area contributed by atoms with Gasteiger partial charge in [-0.3, -0.25) is 0 Å². The zero-order valence-corrected chi connectivity index (χ0v) is 8.80. The number of anilines is 1. The van der Waals surface area contributed by atoms with Crippen LogP contribution in [0.15, 0.2) is 12.1 Å². The molecule has 0 aliphatic rings. The fourth-order valence-electron chi connectivity index (χ4n) is 1.21. The second kappa shape index (κ2) is 2.61. The van der Waals surface area contributed by atoms with E-state index in [1.807, 2.05) is 6.92 Å². The van der Waals surface area contributed by atoms with Crippen LogP contribution in [0.3, 0.4) is 0 Å². The van der Waals surface area contributed by atoms with E-state index in [0.717, 1.165) is 16.8 Å². The molecule has 62 valence electrons. The normalized spacial score (nSPS) is 10.8. The number of aryl methyl sites for hydroxylation is 2. The van der Waals surface area contributed by atoms with Crippen LogP contribution < -0.4 is 5.73 Å². The van der Waals surface area contributed by atoms with Gasteiger partial charge in [-0.1, -0.05) is 0 Å². The van der Waals surface area contributed by atoms with E-state index in [-0.39, 0.29) is 0 Å². The van der Waals surface area contributed by atoms with Gasteiger partial charge in [-0.05, 0) is 0 Å². The van der Waals surface area contributed by atoms with Gasteiger partial charge in [0.1, 0.15) is 0 Å². The van der Waals surface area contributed by atoms with Crippen molar-refractivity contribution in [3.63, 3.8) is 0 Å². The van der Waals surface area contributed by atoms with Gasteiger partial charge >= 0.3 is 76.8 Å². The molecule has 2 nitrogen and oxygen atoms in total. The van der Waals surface area contributed by atoms with Gasteiger partial charge in [-0.2, -0.15) is 0 Å². The van der Waals surface area contributed by atoms with Gasteiger partial charge in [0.15, 0.2) is 0 Å². The number of nitrogens with two attached hydrogens (primary N) is 1. The summed E-state index contributed by atoms with van der Waals surface area (Å²) < 4.78 is 2.56. The van der Waals surface area contributed by atoms with Crippen molar-refractivity contribution in [3.8, 4) is 0 Å². The monoisotopic (exact) mass is 226 g/mol. The fraction of sp³-hybridized carbons (Fsp3) is 0.222. The summed E-state index contributed by atoms with van der Waals surface area (Å²) in [5, 5.41) is 0. The standard InChI is InChI=1S/C9H10N2Se/c1-5-3-8-9(4-7(5)10)12-6(2)11-8/h3-4H,10H2,1-2H3. The zero-order chi connectivity index (χ0) is 8.72. The van der Waals surface area contributed by atoms with Crippen LogP contribution in [-0.2, 0) is 0 Å². The molecule has 0 saturated carbocycles. The first kappa shape index (κ1) is 7.84. The van der Waals surface area contributed by atoms with Crippen LogP contribution in [0, 0.1) is 13.8 Å². The van der Waals surface area contributed by atoms with Crippen LogP contribution in [0.25, 0.3) is 9.78 Å². The van der Waals surface area contributed by atoms with Crippen molar-refractivity contribution < 1.29 is 0 Å². The number of nitrogen functional groups attached to an aromatic ring is 1. The predicted molar refractivity (Wildman–Crippen MR) is 52.6 cm³/mol. The average Bonchev–Trinajstić information content (AvgIpc) is 2.30. The van der Waals surface area contributed by atoms with Gasteiger partial charge in [0.2, 0.25) is 0 Å². The van der Waals surface area contributed by atoms with Crippen molar-refractivity contribution in [3.05, 3.63) is 22.3 Å². The Morgan fingerprint density at radius 2 is 2.08 bits per heavy atom. The van der Waals surface area contributed by atoms with E-state index in [1.165, 1.54) is 8.83 Å². The minimum absolute atomic E-state index is 0.414. The second-order valence-corrected chi connectivity index (χ2v) is 5.50. The summed E-state index contributed by atoms with van der Waals surface area (Å²) in [6.45, 7) is 4.09. The molecule has 12 heavy (non-hydrogen) atoms. The first-order chi connectivity index (χ1) is 5.66. The molecule has 0 saturated heterocycles. The van der Waals surface area contributed by atoms with Crippen molar-refractivity contribution in [1.29, 1.82) is 0 Å². The molecule has 2 rings (SSSR count). The summed E-state index contributed by atoms with van der Waals surface area (Å²) in [4.78, 5) is 4.44. The third kappa shape index (κ3) is 1.15. The number of hydrogen-bond acceptors (Lipinski definition) is 2. The molecule has 0 aliphatic heterocycles. The first-order valence-electron chi connectivity index (χ1n) is 3.80. The molecule has 0 amide bonds. The predicted octanol–water partition coefficient (Wildman–Crippen LogP) is 1.49. The summed E-state index contributed by atoms with van der Waals surface area (Å²) in [6, 6.07) is 4.13. The van der Waals surface area contributed by atoms with Crippen molar-refractivity contribution in [2.24, 2.45) is 0 Å². The maximum atomic E-state index is 5.80. The molecule has 1 aromatic heterocycles. The molecule has 0 spiro atoms.